The summed E-state index contributed by atoms with van der Waals surface area (Å²) in [5.74, 6) is 0.892. The second-order valence-electron chi connectivity index (χ2n) is 10.7. The fourth-order valence-corrected chi connectivity index (χ4v) is 5.78. The third-order valence-corrected chi connectivity index (χ3v) is 7.95. The Kier molecular flexibility index (Phi) is 5.50. The first-order valence-corrected chi connectivity index (χ1v) is 13.2. The smallest absolute Gasteiger partial charge is 0.342 e. The predicted molar refractivity (Wildman–Crippen MR) is 143 cm³/mol. The summed E-state index contributed by atoms with van der Waals surface area (Å²) in [7, 11) is 0. The first-order chi connectivity index (χ1) is 18.8. The van der Waals surface area contributed by atoms with Gasteiger partial charge in [-0.25, -0.2) is 4.98 Å². The van der Waals surface area contributed by atoms with E-state index in [2.05, 4.69) is 10.2 Å². The van der Waals surface area contributed by atoms with Crippen LogP contribution in [0.1, 0.15) is 24.8 Å². The highest BCUT2D eigenvalue weighted by Crippen LogP contribution is 2.39. The molecule has 1 saturated carbocycles. The molecule has 2 fully saturated rings. The van der Waals surface area contributed by atoms with E-state index < -0.39 is 11.7 Å². The lowest BCUT2D eigenvalue weighted by Crippen LogP contribution is -2.30. The van der Waals surface area contributed by atoms with Crippen molar-refractivity contribution in [3.8, 4) is 22.5 Å². The van der Waals surface area contributed by atoms with Crippen molar-refractivity contribution in [2.45, 2.75) is 32.0 Å². The molecule has 3 aromatic carbocycles. The number of H-pyrrole nitrogens is 1. The highest BCUT2D eigenvalue weighted by Gasteiger charge is 2.38. The highest BCUT2D eigenvalue weighted by molar-refractivity contribution is 5.86. The van der Waals surface area contributed by atoms with Crippen LogP contribution in [0.2, 0.25) is 0 Å². The van der Waals surface area contributed by atoms with Gasteiger partial charge in [-0.15, -0.1) is 0 Å². The molecule has 0 radical (unpaired) electrons. The molecular weight excluding hydrogens is 503 g/mol. The molecule has 0 spiro atoms. The quantitative estimate of drug-likeness (QED) is 0.282. The van der Waals surface area contributed by atoms with Gasteiger partial charge in [0.05, 0.1) is 28.3 Å². The predicted octanol–water partition coefficient (Wildman–Crippen LogP) is 6.52. The van der Waals surface area contributed by atoms with E-state index in [0.717, 1.165) is 52.9 Å². The molecule has 2 aliphatic rings. The molecule has 6 nitrogen and oxygen atoms in total. The van der Waals surface area contributed by atoms with E-state index in [1.807, 2.05) is 47.4 Å². The van der Waals surface area contributed by atoms with Gasteiger partial charge in [-0.05, 0) is 60.6 Å². The van der Waals surface area contributed by atoms with E-state index in [0.29, 0.717) is 31.0 Å². The molecule has 5 aromatic rings. The molecular formula is C30H26F3N5O. The van der Waals surface area contributed by atoms with Crippen LogP contribution in [-0.2, 0) is 17.5 Å². The van der Waals surface area contributed by atoms with E-state index in [1.54, 1.807) is 16.8 Å². The zero-order chi connectivity index (χ0) is 26.7. The number of hydrogen-bond donors (Lipinski definition) is 1. The molecule has 7 rings (SSSR count). The molecule has 1 amide bonds. The molecule has 1 atom stereocenters. The van der Waals surface area contributed by atoms with Crippen LogP contribution in [0.4, 0.5) is 13.2 Å². The maximum absolute atomic E-state index is 14.1. The van der Waals surface area contributed by atoms with Gasteiger partial charge >= 0.3 is 6.18 Å². The van der Waals surface area contributed by atoms with Gasteiger partial charge in [0.15, 0.2) is 0 Å². The Morgan fingerprint density at radius 1 is 0.974 bits per heavy atom. The van der Waals surface area contributed by atoms with Gasteiger partial charge < -0.3 is 9.47 Å². The van der Waals surface area contributed by atoms with Crippen molar-refractivity contribution in [2.24, 2.45) is 11.8 Å². The van der Waals surface area contributed by atoms with Crippen LogP contribution < -0.4 is 0 Å². The van der Waals surface area contributed by atoms with Gasteiger partial charge in [0.2, 0.25) is 5.91 Å². The number of rotatable bonds is 5. The third kappa shape index (κ3) is 4.35. The number of hydrogen-bond acceptors (Lipinski definition) is 3. The number of nitrogens with zero attached hydrogens (tertiary/aromatic N) is 4. The fraction of sp³-hybridized carbons (Fsp3) is 0.300. The number of nitrogens with one attached hydrogen (secondary N) is 1. The van der Waals surface area contributed by atoms with Crippen molar-refractivity contribution >= 4 is 27.8 Å². The Bertz CT molecular complexity index is 1700. The average molecular weight is 530 g/mol. The summed E-state index contributed by atoms with van der Waals surface area (Å²) in [5.41, 5.74) is 3.44. The number of carbonyl (C=O) groups is 1. The second kappa shape index (κ2) is 8.97. The van der Waals surface area contributed by atoms with Gasteiger partial charge in [-0.2, -0.15) is 18.3 Å². The number of fused-ring (bicyclic) bond motifs is 2. The van der Waals surface area contributed by atoms with Crippen LogP contribution in [0.15, 0.2) is 66.9 Å². The monoisotopic (exact) mass is 529 g/mol. The Hall–Kier alpha value is -4.14. The number of halogens is 3. The van der Waals surface area contributed by atoms with E-state index in [-0.39, 0.29) is 23.3 Å². The first-order valence-electron chi connectivity index (χ1n) is 13.2. The Balaban J connectivity index is 1.27. The van der Waals surface area contributed by atoms with Crippen molar-refractivity contribution in [1.82, 2.24) is 24.6 Å². The third-order valence-electron chi connectivity index (χ3n) is 7.95. The van der Waals surface area contributed by atoms with E-state index in [4.69, 9.17) is 4.98 Å². The molecule has 39 heavy (non-hydrogen) atoms. The SMILES string of the molecule is O=C(C1CC1)N1CCC(Cn2c(-c3ccc(-c4ccc5[nH]ncc5c4)cc3)nc3cccc(C(F)(F)F)c32)C1. The van der Waals surface area contributed by atoms with E-state index in [9.17, 15) is 18.0 Å². The summed E-state index contributed by atoms with van der Waals surface area (Å²) in [6.07, 6.45) is -0.0838. The molecule has 1 N–H and O–H groups in total. The number of alkyl halides is 3. The van der Waals surface area contributed by atoms with Crippen molar-refractivity contribution in [3.63, 3.8) is 0 Å². The number of benzene rings is 3. The Labute approximate surface area is 222 Å². The number of amides is 1. The van der Waals surface area contributed by atoms with E-state index >= 15 is 0 Å². The summed E-state index contributed by atoms with van der Waals surface area (Å²) in [5, 5.41) is 8.03. The maximum Gasteiger partial charge on any atom is 0.418 e. The van der Waals surface area contributed by atoms with Crippen molar-refractivity contribution in [2.75, 3.05) is 13.1 Å². The minimum absolute atomic E-state index is 0.0612. The molecule has 1 unspecified atom stereocenters. The Morgan fingerprint density at radius 3 is 2.51 bits per heavy atom. The lowest BCUT2D eigenvalue weighted by Gasteiger charge is -2.19. The summed E-state index contributed by atoms with van der Waals surface area (Å²) >= 11 is 0. The molecule has 198 valence electrons. The molecule has 0 bridgehead atoms. The molecule has 1 aliphatic heterocycles. The zero-order valence-corrected chi connectivity index (χ0v) is 21.1. The van der Waals surface area contributed by atoms with Crippen LogP contribution in [0.5, 0.6) is 0 Å². The largest absolute Gasteiger partial charge is 0.418 e. The highest BCUT2D eigenvalue weighted by atomic mass is 19.4. The van der Waals surface area contributed by atoms with Crippen LogP contribution in [-0.4, -0.2) is 43.6 Å². The normalized spacial score (nSPS) is 17.9. The first kappa shape index (κ1) is 23.9. The van der Waals surface area contributed by atoms with E-state index in [1.165, 1.54) is 6.07 Å². The fourth-order valence-electron chi connectivity index (χ4n) is 5.78. The van der Waals surface area contributed by atoms with Crippen molar-refractivity contribution < 1.29 is 18.0 Å². The van der Waals surface area contributed by atoms with Crippen LogP contribution >= 0.6 is 0 Å². The number of para-hydroxylation sites is 1. The number of aromatic nitrogens is 4. The van der Waals surface area contributed by atoms with Gasteiger partial charge in [0.1, 0.15) is 5.82 Å². The molecule has 9 heteroatoms. The number of aromatic amines is 1. The van der Waals surface area contributed by atoms with Crippen molar-refractivity contribution in [3.05, 3.63) is 72.4 Å². The van der Waals surface area contributed by atoms with Gasteiger partial charge in [0, 0.05) is 36.5 Å². The average Bonchev–Trinajstić information content (AvgIpc) is 3.32. The number of imidazole rings is 1. The molecule has 1 saturated heterocycles. The van der Waals surface area contributed by atoms with Crippen LogP contribution in [0.3, 0.4) is 0 Å². The van der Waals surface area contributed by atoms with Crippen LogP contribution in [0.25, 0.3) is 44.5 Å². The standard InChI is InChI=1S/C30H26F3N5O/c31-30(32,33)24-2-1-3-26-27(24)38(17-18-12-13-37(16-18)29(39)21-8-9-21)28(35-26)20-6-4-19(5-7-20)22-10-11-25-23(14-22)15-34-36-25/h1-7,10-11,14-15,18,21H,8-9,12-13,16-17H2,(H,34,36). The zero-order valence-electron chi connectivity index (χ0n) is 21.1. The second-order valence-corrected chi connectivity index (χ2v) is 10.7. The topological polar surface area (TPSA) is 66.8 Å². The number of likely N-dealkylation sites (tertiary alicyclic amines) is 1. The summed E-state index contributed by atoms with van der Waals surface area (Å²) < 4.78 is 44.1. The maximum atomic E-state index is 14.1. The van der Waals surface area contributed by atoms with Crippen LogP contribution in [0, 0.1) is 11.8 Å². The summed E-state index contributed by atoms with van der Waals surface area (Å²) in [4.78, 5) is 19.2. The van der Waals surface area contributed by atoms with Gasteiger partial charge in [0.25, 0.3) is 0 Å². The molecule has 1 aliphatic carbocycles. The minimum Gasteiger partial charge on any atom is -0.342 e. The molecule has 2 aromatic heterocycles. The molecule has 3 heterocycles. The van der Waals surface area contributed by atoms with Gasteiger partial charge in [-0.1, -0.05) is 36.4 Å². The summed E-state index contributed by atoms with van der Waals surface area (Å²) in [6.45, 7) is 1.59. The lowest BCUT2D eigenvalue weighted by molar-refractivity contribution is -0.136. The van der Waals surface area contributed by atoms with Gasteiger partial charge in [-0.3, -0.25) is 9.89 Å². The lowest BCUT2D eigenvalue weighted by atomic mass is 10.0. The minimum atomic E-state index is -4.51. The summed E-state index contributed by atoms with van der Waals surface area (Å²) in [6, 6.07) is 18.0. The Morgan fingerprint density at radius 2 is 1.74 bits per heavy atom. The van der Waals surface area contributed by atoms with Crippen molar-refractivity contribution in [1.29, 1.82) is 0 Å². The number of carbonyl (C=O) groups excluding carboxylic acids is 1.